The molecule has 2 aliphatic rings. The monoisotopic (exact) mass is 254 g/mol. The van der Waals surface area contributed by atoms with Crippen molar-refractivity contribution in [2.45, 2.75) is 45.1 Å². The molecule has 0 saturated carbocycles. The summed E-state index contributed by atoms with van der Waals surface area (Å²) in [5.41, 5.74) is 0. The van der Waals surface area contributed by atoms with E-state index in [1.165, 1.54) is 51.7 Å². The van der Waals surface area contributed by atoms with E-state index in [-0.39, 0.29) is 0 Å². The van der Waals surface area contributed by atoms with Gasteiger partial charge in [-0.25, -0.2) is 0 Å². The van der Waals surface area contributed by atoms with Crippen LogP contribution in [0.1, 0.15) is 39.0 Å². The summed E-state index contributed by atoms with van der Waals surface area (Å²) in [6.45, 7) is 8.07. The van der Waals surface area contributed by atoms with E-state index in [0.717, 1.165) is 31.1 Å². The lowest BCUT2D eigenvalue weighted by molar-refractivity contribution is 0.0406. The summed E-state index contributed by atoms with van der Waals surface area (Å²) in [5, 5.41) is 3.54. The van der Waals surface area contributed by atoms with Crippen LogP contribution < -0.4 is 5.32 Å². The molecule has 0 radical (unpaired) electrons. The van der Waals surface area contributed by atoms with Gasteiger partial charge in [0.1, 0.15) is 0 Å². The van der Waals surface area contributed by atoms with Gasteiger partial charge < -0.3 is 15.0 Å². The van der Waals surface area contributed by atoms with Crippen LogP contribution >= 0.6 is 0 Å². The molecule has 3 heteroatoms. The van der Waals surface area contributed by atoms with Crippen molar-refractivity contribution < 1.29 is 4.74 Å². The summed E-state index contributed by atoms with van der Waals surface area (Å²) in [6, 6.07) is 0.760. The molecule has 0 aliphatic carbocycles. The van der Waals surface area contributed by atoms with Crippen LogP contribution in [0.2, 0.25) is 0 Å². The fourth-order valence-corrected chi connectivity index (χ4v) is 3.32. The Kier molecular flexibility index (Phi) is 5.93. The number of ether oxygens (including phenoxy) is 1. The lowest BCUT2D eigenvalue weighted by atomic mass is 9.85. The van der Waals surface area contributed by atoms with Crippen molar-refractivity contribution in [2.75, 3.05) is 39.9 Å². The van der Waals surface area contributed by atoms with E-state index in [2.05, 4.69) is 24.2 Å². The number of piperidine rings is 1. The van der Waals surface area contributed by atoms with Crippen molar-refractivity contribution in [1.82, 2.24) is 10.2 Å². The van der Waals surface area contributed by atoms with E-state index in [9.17, 15) is 0 Å². The van der Waals surface area contributed by atoms with Gasteiger partial charge in [-0.15, -0.1) is 0 Å². The third-order valence-corrected chi connectivity index (χ3v) is 4.89. The molecular formula is C15H30N2O. The van der Waals surface area contributed by atoms with Crippen LogP contribution in [0.3, 0.4) is 0 Å². The Morgan fingerprint density at radius 1 is 1.28 bits per heavy atom. The van der Waals surface area contributed by atoms with Crippen LogP contribution in [0.25, 0.3) is 0 Å². The van der Waals surface area contributed by atoms with Gasteiger partial charge in [-0.3, -0.25) is 0 Å². The molecule has 0 amide bonds. The second-order valence-electron chi connectivity index (χ2n) is 6.20. The zero-order valence-corrected chi connectivity index (χ0v) is 12.2. The van der Waals surface area contributed by atoms with Gasteiger partial charge in [0.05, 0.1) is 0 Å². The zero-order valence-electron chi connectivity index (χ0n) is 12.2. The summed E-state index contributed by atoms with van der Waals surface area (Å²) in [7, 11) is 2.29. The summed E-state index contributed by atoms with van der Waals surface area (Å²) in [4.78, 5) is 2.56. The van der Waals surface area contributed by atoms with Gasteiger partial charge in [0.25, 0.3) is 0 Å². The highest BCUT2D eigenvalue weighted by Crippen LogP contribution is 2.23. The summed E-state index contributed by atoms with van der Waals surface area (Å²) >= 11 is 0. The molecule has 1 N–H and O–H groups in total. The quantitative estimate of drug-likeness (QED) is 0.813. The molecule has 0 aromatic heterocycles. The topological polar surface area (TPSA) is 24.5 Å². The highest BCUT2D eigenvalue weighted by molar-refractivity contribution is 4.77. The minimum absolute atomic E-state index is 0.760. The molecule has 0 bridgehead atoms. The molecule has 0 aromatic rings. The largest absolute Gasteiger partial charge is 0.381 e. The van der Waals surface area contributed by atoms with Gasteiger partial charge in [-0.2, -0.15) is 0 Å². The Balaban J connectivity index is 1.66. The van der Waals surface area contributed by atoms with E-state index >= 15 is 0 Å². The molecule has 2 rings (SSSR count). The van der Waals surface area contributed by atoms with Crippen molar-refractivity contribution in [3.63, 3.8) is 0 Å². The minimum Gasteiger partial charge on any atom is -0.381 e. The molecule has 106 valence electrons. The van der Waals surface area contributed by atoms with Crippen molar-refractivity contribution in [3.05, 3.63) is 0 Å². The Hall–Kier alpha value is -0.120. The van der Waals surface area contributed by atoms with Gasteiger partial charge in [0, 0.05) is 19.3 Å². The Labute approximate surface area is 112 Å². The summed E-state index contributed by atoms with van der Waals surface area (Å²) in [5.74, 6) is 1.77. The fourth-order valence-electron chi connectivity index (χ4n) is 3.32. The standard InChI is InChI=1S/C15H30N2O/c1-13(14-4-3-8-16-12-14)5-9-17(2)15-6-10-18-11-7-15/h13-16H,3-12H2,1-2H3. The third-order valence-electron chi connectivity index (χ3n) is 4.89. The molecule has 2 heterocycles. The maximum atomic E-state index is 5.44. The third kappa shape index (κ3) is 4.22. The SMILES string of the molecule is CC(CCN(C)C1CCOCC1)C1CCCNC1. The molecule has 2 unspecified atom stereocenters. The predicted molar refractivity (Wildman–Crippen MR) is 75.8 cm³/mol. The van der Waals surface area contributed by atoms with Gasteiger partial charge in [-0.1, -0.05) is 6.92 Å². The van der Waals surface area contributed by atoms with Crippen LogP contribution in [-0.4, -0.2) is 50.8 Å². The zero-order chi connectivity index (χ0) is 12.8. The Morgan fingerprint density at radius 2 is 2.06 bits per heavy atom. The average molecular weight is 254 g/mol. The number of hydrogen-bond donors (Lipinski definition) is 1. The van der Waals surface area contributed by atoms with E-state index < -0.39 is 0 Å². The predicted octanol–water partition coefficient (Wildman–Crippen LogP) is 2.12. The van der Waals surface area contributed by atoms with Crippen LogP contribution in [0.15, 0.2) is 0 Å². The van der Waals surface area contributed by atoms with Crippen molar-refractivity contribution >= 4 is 0 Å². The van der Waals surface area contributed by atoms with Gasteiger partial charge in [0.15, 0.2) is 0 Å². The first-order valence-corrected chi connectivity index (χ1v) is 7.76. The number of hydrogen-bond acceptors (Lipinski definition) is 3. The second kappa shape index (κ2) is 7.46. The van der Waals surface area contributed by atoms with E-state index in [1.807, 2.05) is 0 Å². The van der Waals surface area contributed by atoms with E-state index in [4.69, 9.17) is 4.74 Å². The number of rotatable bonds is 5. The van der Waals surface area contributed by atoms with E-state index in [0.29, 0.717) is 0 Å². The molecule has 18 heavy (non-hydrogen) atoms. The number of nitrogens with one attached hydrogen (secondary N) is 1. The minimum atomic E-state index is 0.760. The van der Waals surface area contributed by atoms with Crippen LogP contribution in [0.4, 0.5) is 0 Å². The lowest BCUT2D eigenvalue weighted by Gasteiger charge is -2.33. The van der Waals surface area contributed by atoms with Crippen LogP contribution in [0, 0.1) is 11.8 Å². The average Bonchev–Trinajstić information content (AvgIpc) is 2.46. The highest BCUT2D eigenvalue weighted by Gasteiger charge is 2.22. The van der Waals surface area contributed by atoms with Crippen molar-refractivity contribution in [2.24, 2.45) is 11.8 Å². The molecule has 2 atom stereocenters. The molecule has 2 saturated heterocycles. The normalized spacial score (nSPS) is 28.5. The summed E-state index contributed by atoms with van der Waals surface area (Å²) in [6.07, 6.45) is 6.58. The Bertz CT molecular complexity index is 199. The van der Waals surface area contributed by atoms with E-state index in [1.54, 1.807) is 0 Å². The van der Waals surface area contributed by atoms with Crippen molar-refractivity contribution in [1.29, 1.82) is 0 Å². The Morgan fingerprint density at radius 3 is 2.72 bits per heavy atom. The molecular weight excluding hydrogens is 224 g/mol. The first kappa shape index (κ1) is 14.3. The van der Waals surface area contributed by atoms with Crippen LogP contribution in [-0.2, 0) is 4.74 Å². The molecule has 3 nitrogen and oxygen atoms in total. The van der Waals surface area contributed by atoms with Crippen molar-refractivity contribution in [3.8, 4) is 0 Å². The van der Waals surface area contributed by atoms with Gasteiger partial charge in [-0.05, 0) is 70.6 Å². The molecule has 0 aromatic carbocycles. The smallest absolute Gasteiger partial charge is 0.0480 e. The summed E-state index contributed by atoms with van der Waals surface area (Å²) < 4.78 is 5.44. The number of nitrogens with zero attached hydrogens (tertiary/aromatic N) is 1. The first-order chi connectivity index (χ1) is 8.77. The molecule has 2 fully saturated rings. The molecule has 0 spiro atoms. The fraction of sp³-hybridized carbons (Fsp3) is 1.00. The van der Waals surface area contributed by atoms with Gasteiger partial charge >= 0.3 is 0 Å². The maximum absolute atomic E-state index is 5.44. The molecule has 2 aliphatic heterocycles. The second-order valence-corrected chi connectivity index (χ2v) is 6.20. The lowest BCUT2D eigenvalue weighted by Crippen LogP contribution is -2.39. The first-order valence-electron chi connectivity index (χ1n) is 7.76. The highest BCUT2D eigenvalue weighted by atomic mass is 16.5. The van der Waals surface area contributed by atoms with Crippen LogP contribution in [0.5, 0.6) is 0 Å². The van der Waals surface area contributed by atoms with Gasteiger partial charge in [0.2, 0.25) is 0 Å². The maximum Gasteiger partial charge on any atom is 0.0480 e.